The highest BCUT2D eigenvalue weighted by Gasteiger charge is 2.30. The first kappa shape index (κ1) is 16.2. The van der Waals surface area contributed by atoms with Gasteiger partial charge in [-0.2, -0.15) is 0 Å². The molecule has 0 bridgehead atoms. The number of carbonyl (C=O) groups is 2. The zero-order chi connectivity index (χ0) is 15.1. The van der Waals surface area contributed by atoms with Crippen molar-refractivity contribution >= 4 is 11.8 Å². The number of rotatable bonds is 3. The molecular formula is C14H25N3O4. The van der Waals surface area contributed by atoms with E-state index in [1.165, 1.54) is 0 Å². The summed E-state index contributed by atoms with van der Waals surface area (Å²) >= 11 is 0. The van der Waals surface area contributed by atoms with Crippen LogP contribution in [0.2, 0.25) is 0 Å². The van der Waals surface area contributed by atoms with Gasteiger partial charge in [0.25, 0.3) is 0 Å². The average Bonchev–Trinajstić information content (AvgIpc) is 2.81. The van der Waals surface area contributed by atoms with Crippen molar-refractivity contribution in [1.82, 2.24) is 15.1 Å². The van der Waals surface area contributed by atoms with Gasteiger partial charge in [-0.25, -0.2) is 0 Å². The maximum Gasteiger partial charge on any atom is 0.312 e. The number of nitrogens with one attached hydrogen (secondary N) is 1. The summed E-state index contributed by atoms with van der Waals surface area (Å²) < 4.78 is 5.46. The summed E-state index contributed by atoms with van der Waals surface area (Å²) in [5.41, 5.74) is 0. The summed E-state index contributed by atoms with van der Waals surface area (Å²) in [4.78, 5) is 27.8. The van der Waals surface area contributed by atoms with E-state index in [9.17, 15) is 9.59 Å². The van der Waals surface area contributed by atoms with Crippen molar-refractivity contribution < 1.29 is 19.4 Å². The predicted molar refractivity (Wildman–Crippen MR) is 76.7 cm³/mol. The number of ether oxygens (including phenoxy) is 1. The number of amides is 2. The maximum absolute atomic E-state index is 12.3. The molecule has 0 unspecified atom stereocenters. The number of nitrogens with zero attached hydrogens (tertiary/aromatic N) is 2. The Kier molecular flexibility index (Phi) is 6.41. The van der Waals surface area contributed by atoms with Crippen molar-refractivity contribution in [1.29, 1.82) is 0 Å². The van der Waals surface area contributed by atoms with Crippen LogP contribution in [-0.4, -0.2) is 85.3 Å². The molecule has 0 aromatic carbocycles. The quantitative estimate of drug-likeness (QED) is 0.640. The highest BCUT2D eigenvalue weighted by atomic mass is 16.5. The lowest BCUT2D eigenvalue weighted by Crippen LogP contribution is -2.49. The van der Waals surface area contributed by atoms with Crippen molar-refractivity contribution in [2.75, 3.05) is 52.5 Å². The SMILES string of the molecule is O=C(C(=O)N1CCC(OCCO)CC1)N1CCCNCC1. The first-order valence-electron chi connectivity index (χ1n) is 7.73. The van der Waals surface area contributed by atoms with Gasteiger partial charge < -0.3 is 25.0 Å². The molecule has 7 nitrogen and oxygen atoms in total. The number of likely N-dealkylation sites (tertiary alicyclic amines) is 1. The van der Waals surface area contributed by atoms with Crippen LogP contribution in [0.3, 0.4) is 0 Å². The van der Waals surface area contributed by atoms with Gasteiger partial charge in [0.05, 0.1) is 19.3 Å². The molecule has 0 aromatic heterocycles. The normalized spacial score (nSPS) is 21.2. The Hall–Kier alpha value is -1.18. The van der Waals surface area contributed by atoms with Crippen LogP contribution in [0.1, 0.15) is 19.3 Å². The van der Waals surface area contributed by atoms with E-state index >= 15 is 0 Å². The number of aliphatic hydroxyl groups is 1. The monoisotopic (exact) mass is 299 g/mol. The smallest absolute Gasteiger partial charge is 0.312 e. The summed E-state index contributed by atoms with van der Waals surface area (Å²) in [6.07, 6.45) is 2.41. The minimum Gasteiger partial charge on any atom is -0.394 e. The first-order valence-corrected chi connectivity index (χ1v) is 7.73. The van der Waals surface area contributed by atoms with E-state index in [0.29, 0.717) is 32.8 Å². The highest BCUT2D eigenvalue weighted by molar-refractivity contribution is 6.34. The van der Waals surface area contributed by atoms with Gasteiger partial charge in [-0.15, -0.1) is 0 Å². The number of aliphatic hydroxyl groups excluding tert-OH is 1. The lowest BCUT2D eigenvalue weighted by molar-refractivity contribution is -0.153. The van der Waals surface area contributed by atoms with Crippen molar-refractivity contribution in [2.24, 2.45) is 0 Å². The van der Waals surface area contributed by atoms with E-state index in [-0.39, 0.29) is 18.6 Å². The molecule has 2 N–H and O–H groups in total. The minimum atomic E-state index is -0.391. The molecule has 0 aliphatic carbocycles. The summed E-state index contributed by atoms with van der Waals surface area (Å²) in [6.45, 7) is 4.33. The van der Waals surface area contributed by atoms with Gasteiger partial charge in [0.1, 0.15) is 0 Å². The number of carbonyl (C=O) groups excluding carboxylic acids is 2. The van der Waals surface area contributed by atoms with E-state index < -0.39 is 5.91 Å². The third-order valence-electron chi connectivity index (χ3n) is 3.98. The predicted octanol–water partition coefficient (Wildman–Crippen LogP) is -1.19. The van der Waals surface area contributed by atoms with Crippen LogP contribution in [0, 0.1) is 0 Å². The summed E-state index contributed by atoms with van der Waals surface area (Å²) in [7, 11) is 0. The third kappa shape index (κ3) is 4.66. The second-order valence-electron chi connectivity index (χ2n) is 5.48. The van der Waals surface area contributed by atoms with Gasteiger partial charge in [-0.1, -0.05) is 0 Å². The fourth-order valence-electron chi connectivity index (χ4n) is 2.76. The standard InChI is InChI=1S/C14H25N3O4/c18-10-11-21-12-2-7-17(8-3-12)14(20)13(19)16-6-1-4-15-5-9-16/h12,15,18H,1-11H2. The Morgan fingerprint density at radius 3 is 2.38 bits per heavy atom. The maximum atomic E-state index is 12.3. The molecule has 2 saturated heterocycles. The second kappa shape index (κ2) is 8.31. The molecule has 0 aromatic rings. The van der Waals surface area contributed by atoms with Gasteiger partial charge in [0.2, 0.25) is 0 Å². The average molecular weight is 299 g/mol. The molecule has 120 valence electrons. The zero-order valence-electron chi connectivity index (χ0n) is 12.4. The van der Waals surface area contributed by atoms with E-state index in [0.717, 1.165) is 32.4 Å². The Morgan fingerprint density at radius 2 is 1.71 bits per heavy atom. The topological polar surface area (TPSA) is 82.1 Å². The molecule has 2 amide bonds. The molecule has 2 rings (SSSR count). The Morgan fingerprint density at radius 1 is 1.05 bits per heavy atom. The van der Waals surface area contributed by atoms with E-state index in [1.807, 2.05) is 0 Å². The lowest BCUT2D eigenvalue weighted by atomic mass is 10.1. The number of hydrogen-bond acceptors (Lipinski definition) is 5. The summed E-state index contributed by atoms with van der Waals surface area (Å²) in [5.74, 6) is -0.772. The Balaban J connectivity index is 1.79. The van der Waals surface area contributed by atoms with Crippen LogP contribution in [0.5, 0.6) is 0 Å². The van der Waals surface area contributed by atoms with Crippen molar-refractivity contribution in [3.05, 3.63) is 0 Å². The molecule has 2 fully saturated rings. The molecule has 7 heteroatoms. The zero-order valence-corrected chi connectivity index (χ0v) is 12.4. The number of hydrogen-bond donors (Lipinski definition) is 2. The summed E-state index contributed by atoms with van der Waals surface area (Å²) in [5, 5.41) is 12.0. The molecular weight excluding hydrogens is 274 g/mol. The van der Waals surface area contributed by atoms with E-state index in [1.54, 1.807) is 9.80 Å². The summed E-state index contributed by atoms with van der Waals surface area (Å²) in [6, 6.07) is 0. The molecule has 2 aliphatic rings. The molecule has 0 saturated carbocycles. The highest BCUT2D eigenvalue weighted by Crippen LogP contribution is 2.14. The molecule has 0 spiro atoms. The van der Waals surface area contributed by atoms with Gasteiger partial charge in [-0.05, 0) is 25.8 Å². The van der Waals surface area contributed by atoms with Crippen LogP contribution < -0.4 is 5.32 Å². The Labute approximate surface area is 125 Å². The van der Waals surface area contributed by atoms with Crippen LogP contribution in [-0.2, 0) is 14.3 Å². The van der Waals surface area contributed by atoms with Crippen LogP contribution in [0.4, 0.5) is 0 Å². The van der Waals surface area contributed by atoms with Crippen molar-refractivity contribution in [2.45, 2.75) is 25.4 Å². The first-order chi connectivity index (χ1) is 10.2. The van der Waals surface area contributed by atoms with Crippen molar-refractivity contribution in [3.8, 4) is 0 Å². The fraction of sp³-hybridized carbons (Fsp3) is 0.857. The van der Waals surface area contributed by atoms with Gasteiger partial charge in [0, 0.05) is 32.7 Å². The lowest BCUT2D eigenvalue weighted by Gasteiger charge is -2.32. The second-order valence-corrected chi connectivity index (χ2v) is 5.48. The van der Waals surface area contributed by atoms with Crippen molar-refractivity contribution in [3.63, 3.8) is 0 Å². The van der Waals surface area contributed by atoms with Gasteiger partial charge in [0.15, 0.2) is 0 Å². The molecule has 2 aliphatic heterocycles. The molecule has 2 heterocycles. The molecule has 21 heavy (non-hydrogen) atoms. The molecule has 0 atom stereocenters. The third-order valence-corrected chi connectivity index (χ3v) is 3.98. The minimum absolute atomic E-state index is 0.0145. The van der Waals surface area contributed by atoms with Gasteiger partial charge in [-0.3, -0.25) is 9.59 Å². The molecule has 0 radical (unpaired) electrons. The van der Waals surface area contributed by atoms with Crippen LogP contribution in [0.25, 0.3) is 0 Å². The van der Waals surface area contributed by atoms with Gasteiger partial charge >= 0.3 is 11.8 Å². The van der Waals surface area contributed by atoms with Crippen LogP contribution >= 0.6 is 0 Å². The van der Waals surface area contributed by atoms with Crippen LogP contribution in [0.15, 0.2) is 0 Å². The fourth-order valence-corrected chi connectivity index (χ4v) is 2.76. The van der Waals surface area contributed by atoms with E-state index in [2.05, 4.69) is 5.32 Å². The van der Waals surface area contributed by atoms with E-state index in [4.69, 9.17) is 9.84 Å². The largest absolute Gasteiger partial charge is 0.394 e. The number of piperidine rings is 1. The Bertz CT molecular complexity index is 348.